The second kappa shape index (κ2) is 7.32. The first-order valence-corrected chi connectivity index (χ1v) is 4.35. The summed E-state index contributed by atoms with van der Waals surface area (Å²) >= 11 is 0. The monoisotopic (exact) mass is 204 g/mol. The van der Waals surface area contributed by atoms with Gasteiger partial charge in [0.15, 0.2) is 0 Å². The first-order chi connectivity index (χ1) is 6.56. The normalized spacial score (nSPS) is 11.9. The minimum atomic E-state index is -0.348. The van der Waals surface area contributed by atoms with Crippen LogP contribution < -0.4 is 0 Å². The predicted octanol–water partition coefficient (Wildman–Crippen LogP) is 0.518. The fraction of sp³-hybridized carbons (Fsp3) is 0.778. The highest BCUT2D eigenvalue weighted by Gasteiger charge is 2.09. The maximum atomic E-state index is 10.5. The molecule has 82 valence electrons. The third kappa shape index (κ3) is 7.54. The predicted molar refractivity (Wildman–Crippen MR) is 48.7 cm³/mol. The van der Waals surface area contributed by atoms with E-state index in [2.05, 4.69) is 0 Å². The van der Waals surface area contributed by atoms with Crippen molar-refractivity contribution in [2.75, 3.05) is 20.3 Å². The van der Waals surface area contributed by atoms with E-state index in [1.54, 1.807) is 0 Å². The van der Waals surface area contributed by atoms with Crippen molar-refractivity contribution in [2.24, 2.45) is 0 Å². The quantitative estimate of drug-likeness (QED) is 0.590. The summed E-state index contributed by atoms with van der Waals surface area (Å²) < 4.78 is 14.5. The Morgan fingerprint density at radius 2 is 1.71 bits per heavy atom. The summed E-state index contributed by atoms with van der Waals surface area (Å²) in [7, 11) is 1.52. The van der Waals surface area contributed by atoms with Crippen molar-refractivity contribution in [3.05, 3.63) is 0 Å². The highest BCUT2D eigenvalue weighted by atomic mass is 16.6. The van der Waals surface area contributed by atoms with Gasteiger partial charge in [-0.3, -0.25) is 9.59 Å². The highest BCUT2D eigenvalue weighted by molar-refractivity contribution is 5.66. The van der Waals surface area contributed by atoms with Crippen molar-refractivity contribution in [2.45, 2.75) is 26.4 Å². The molecule has 5 heteroatoms. The minimum Gasteiger partial charge on any atom is -0.466 e. The lowest BCUT2D eigenvalue weighted by Crippen LogP contribution is -2.22. The van der Waals surface area contributed by atoms with Gasteiger partial charge in [-0.05, 0) is 0 Å². The molecule has 0 N–H and O–H groups in total. The van der Waals surface area contributed by atoms with E-state index in [9.17, 15) is 9.59 Å². The van der Waals surface area contributed by atoms with Crippen LogP contribution in [0.15, 0.2) is 0 Å². The number of hydrogen-bond acceptors (Lipinski definition) is 5. The number of methoxy groups -OCH3 is 1. The van der Waals surface area contributed by atoms with Crippen molar-refractivity contribution in [3.63, 3.8) is 0 Å². The van der Waals surface area contributed by atoms with E-state index in [-0.39, 0.29) is 31.3 Å². The summed E-state index contributed by atoms with van der Waals surface area (Å²) in [6, 6.07) is 0. The maximum Gasteiger partial charge on any atom is 0.302 e. The van der Waals surface area contributed by atoms with Gasteiger partial charge in [0.05, 0.1) is 12.7 Å². The Morgan fingerprint density at radius 3 is 2.14 bits per heavy atom. The van der Waals surface area contributed by atoms with Crippen LogP contribution in [0.1, 0.15) is 20.3 Å². The summed E-state index contributed by atoms with van der Waals surface area (Å²) in [5.41, 5.74) is 0. The van der Waals surface area contributed by atoms with Gasteiger partial charge in [-0.15, -0.1) is 0 Å². The molecule has 0 saturated heterocycles. The van der Waals surface area contributed by atoms with E-state index in [1.807, 2.05) is 0 Å². The van der Waals surface area contributed by atoms with Crippen molar-refractivity contribution in [1.29, 1.82) is 0 Å². The van der Waals surface area contributed by atoms with Crippen LogP contribution in [0.5, 0.6) is 0 Å². The van der Waals surface area contributed by atoms with Gasteiger partial charge < -0.3 is 14.2 Å². The molecule has 0 aromatic carbocycles. The van der Waals surface area contributed by atoms with E-state index in [4.69, 9.17) is 14.2 Å². The van der Waals surface area contributed by atoms with Gasteiger partial charge in [-0.2, -0.15) is 0 Å². The number of rotatable bonds is 6. The van der Waals surface area contributed by atoms with Crippen molar-refractivity contribution < 1.29 is 23.8 Å². The SMILES string of the molecule is CO[C@@H](CCOC(C)=O)COC(C)=O. The highest BCUT2D eigenvalue weighted by Crippen LogP contribution is 1.99. The second-order valence-corrected chi connectivity index (χ2v) is 2.79. The Labute approximate surface area is 83.3 Å². The number of hydrogen-bond donors (Lipinski definition) is 0. The van der Waals surface area contributed by atoms with Crippen LogP contribution in [0, 0.1) is 0 Å². The minimum absolute atomic E-state index is 0.188. The van der Waals surface area contributed by atoms with E-state index < -0.39 is 0 Å². The van der Waals surface area contributed by atoms with Gasteiger partial charge in [0.25, 0.3) is 0 Å². The zero-order valence-electron chi connectivity index (χ0n) is 8.74. The van der Waals surface area contributed by atoms with Crippen molar-refractivity contribution in [3.8, 4) is 0 Å². The van der Waals surface area contributed by atoms with Gasteiger partial charge >= 0.3 is 11.9 Å². The molecule has 0 aliphatic heterocycles. The molecule has 0 aliphatic rings. The van der Waals surface area contributed by atoms with Crippen LogP contribution in [0.4, 0.5) is 0 Å². The molecular formula is C9H16O5. The van der Waals surface area contributed by atoms with Gasteiger partial charge in [0.2, 0.25) is 0 Å². The third-order valence-corrected chi connectivity index (χ3v) is 1.55. The Morgan fingerprint density at radius 1 is 1.14 bits per heavy atom. The molecule has 0 aromatic rings. The summed E-state index contributed by atoms with van der Waals surface area (Å²) in [5.74, 6) is -0.674. The zero-order chi connectivity index (χ0) is 11.0. The third-order valence-electron chi connectivity index (χ3n) is 1.55. The van der Waals surface area contributed by atoms with Crippen LogP contribution in [-0.2, 0) is 23.8 Å². The van der Waals surface area contributed by atoms with Crippen molar-refractivity contribution in [1.82, 2.24) is 0 Å². The van der Waals surface area contributed by atoms with E-state index in [0.29, 0.717) is 6.42 Å². The number of carbonyl (C=O) groups is 2. The van der Waals surface area contributed by atoms with E-state index >= 15 is 0 Å². The number of esters is 2. The maximum absolute atomic E-state index is 10.5. The van der Waals surface area contributed by atoms with Gasteiger partial charge in [-0.25, -0.2) is 0 Å². The first-order valence-electron chi connectivity index (χ1n) is 4.35. The topological polar surface area (TPSA) is 61.8 Å². The molecule has 0 bridgehead atoms. The summed E-state index contributed by atoms with van der Waals surface area (Å²) in [4.78, 5) is 20.9. The fourth-order valence-electron chi connectivity index (χ4n) is 0.814. The summed E-state index contributed by atoms with van der Waals surface area (Å²) in [6.45, 7) is 3.13. The molecule has 0 heterocycles. The molecular weight excluding hydrogens is 188 g/mol. The van der Waals surface area contributed by atoms with Gasteiger partial charge in [0.1, 0.15) is 6.61 Å². The molecule has 0 aromatic heterocycles. The molecule has 0 saturated carbocycles. The number of ether oxygens (including phenoxy) is 3. The summed E-state index contributed by atoms with van der Waals surface area (Å²) in [6.07, 6.45) is 0.293. The lowest BCUT2D eigenvalue weighted by molar-refractivity contribution is -0.147. The molecule has 1 atom stereocenters. The fourth-order valence-corrected chi connectivity index (χ4v) is 0.814. The summed E-state index contributed by atoms with van der Waals surface area (Å²) in [5, 5.41) is 0. The molecule has 5 nitrogen and oxygen atoms in total. The first kappa shape index (κ1) is 12.9. The van der Waals surface area contributed by atoms with E-state index in [0.717, 1.165) is 0 Å². The van der Waals surface area contributed by atoms with E-state index in [1.165, 1.54) is 21.0 Å². The molecule has 0 radical (unpaired) electrons. The Balaban J connectivity index is 3.57. The molecule has 0 aliphatic carbocycles. The average molecular weight is 204 g/mol. The standard InChI is InChI=1S/C9H16O5/c1-7(10)13-5-4-9(12-3)6-14-8(2)11/h9H,4-6H2,1-3H3/t9-/m0/s1. The molecule has 0 amide bonds. The van der Waals surface area contributed by atoms with Crippen LogP contribution in [-0.4, -0.2) is 38.4 Å². The van der Waals surface area contributed by atoms with Gasteiger partial charge in [0, 0.05) is 27.4 Å². The Hall–Kier alpha value is -1.10. The lowest BCUT2D eigenvalue weighted by Gasteiger charge is -2.14. The Kier molecular flexibility index (Phi) is 6.74. The number of carbonyl (C=O) groups excluding carboxylic acids is 2. The zero-order valence-corrected chi connectivity index (χ0v) is 8.74. The Bertz CT molecular complexity index is 190. The lowest BCUT2D eigenvalue weighted by atomic mass is 10.3. The average Bonchev–Trinajstić information content (AvgIpc) is 2.10. The molecule has 0 fully saturated rings. The molecule has 0 spiro atoms. The van der Waals surface area contributed by atoms with Crippen LogP contribution in [0.2, 0.25) is 0 Å². The van der Waals surface area contributed by atoms with Gasteiger partial charge in [-0.1, -0.05) is 0 Å². The smallest absolute Gasteiger partial charge is 0.302 e. The molecule has 0 unspecified atom stereocenters. The van der Waals surface area contributed by atoms with Crippen LogP contribution >= 0.6 is 0 Å². The molecule has 0 rings (SSSR count). The largest absolute Gasteiger partial charge is 0.466 e. The van der Waals surface area contributed by atoms with Crippen molar-refractivity contribution >= 4 is 11.9 Å². The molecule has 14 heavy (non-hydrogen) atoms. The second-order valence-electron chi connectivity index (χ2n) is 2.79. The van der Waals surface area contributed by atoms with Crippen LogP contribution in [0.25, 0.3) is 0 Å². The van der Waals surface area contributed by atoms with Crippen LogP contribution in [0.3, 0.4) is 0 Å².